The van der Waals surface area contributed by atoms with Crippen LogP contribution >= 0.6 is 11.3 Å². The minimum Gasteiger partial charge on any atom is -1.00 e. The van der Waals surface area contributed by atoms with Gasteiger partial charge < -0.3 is 36.0 Å². The summed E-state index contributed by atoms with van der Waals surface area (Å²) in [4.78, 5) is 14.4. The van der Waals surface area contributed by atoms with E-state index in [1.165, 1.54) is 11.3 Å². The van der Waals surface area contributed by atoms with Gasteiger partial charge in [-0.05, 0) is 24.3 Å². The zero-order valence-corrected chi connectivity index (χ0v) is 19.5. The van der Waals surface area contributed by atoms with Crippen LogP contribution in [0.1, 0.15) is 29.7 Å². The highest BCUT2D eigenvalue weighted by Gasteiger charge is 2.48. The van der Waals surface area contributed by atoms with Crippen molar-refractivity contribution in [1.29, 1.82) is 0 Å². The molecule has 0 radical (unpaired) electrons. The normalized spacial score (nSPS) is 19.9. The van der Waals surface area contributed by atoms with E-state index < -0.39 is 5.60 Å². The third kappa shape index (κ3) is 5.67. The molecule has 2 atom stereocenters. The molecule has 5 nitrogen and oxygen atoms in total. The van der Waals surface area contributed by atoms with Gasteiger partial charge in [0.1, 0.15) is 6.54 Å². The van der Waals surface area contributed by atoms with Gasteiger partial charge in [-0.1, -0.05) is 36.4 Å². The van der Waals surface area contributed by atoms with Crippen LogP contribution in [-0.2, 0) is 19.9 Å². The Morgan fingerprint density at radius 2 is 1.97 bits per heavy atom. The number of esters is 1. The van der Waals surface area contributed by atoms with Crippen LogP contribution in [0.4, 0.5) is 0 Å². The Morgan fingerprint density at radius 1 is 1.21 bits per heavy atom. The number of halogens is 1. The van der Waals surface area contributed by atoms with E-state index in [1.807, 2.05) is 47.8 Å². The molecule has 1 aromatic heterocycles. The predicted molar refractivity (Wildman–Crippen MR) is 110 cm³/mol. The molecule has 1 fully saturated rings. The molecule has 1 aliphatic heterocycles. The number of benzene rings is 1. The molecule has 1 N–H and O–H groups in total. The molecule has 0 saturated carbocycles. The Kier molecular flexibility index (Phi) is 8.85. The fourth-order valence-corrected chi connectivity index (χ4v) is 4.61. The van der Waals surface area contributed by atoms with Crippen molar-refractivity contribution in [1.82, 2.24) is 0 Å². The quantitative estimate of drug-likeness (QED) is 0.314. The topological polar surface area (TPSA) is 55.8 Å². The first-order valence-corrected chi connectivity index (χ1v) is 10.7. The highest BCUT2D eigenvalue weighted by atomic mass is 79.9. The number of carbonyl (C=O) groups is 1. The number of unbranched alkanes of at least 4 members (excludes halogenated alkanes) is 1. The number of quaternary nitrogens is 1. The fraction of sp³-hybridized carbons (Fsp3) is 0.500. The summed E-state index contributed by atoms with van der Waals surface area (Å²) in [6.07, 6.45) is 2.07. The van der Waals surface area contributed by atoms with E-state index in [0.717, 1.165) is 34.4 Å². The molecule has 2 unspecified atom stereocenters. The van der Waals surface area contributed by atoms with E-state index >= 15 is 0 Å². The largest absolute Gasteiger partial charge is 1.00 e. The van der Waals surface area contributed by atoms with Crippen molar-refractivity contribution >= 4 is 17.3 Å². The van der Waals surface area contributed by atoms with Gasteiger partial charge in [-0.25, -0.2) is 4.79 Å². The average Bonchev–Trinajstić information content (AvgIpc) is 3.33. The molecular weight excluding hydrogens is 454 g/mol. The second-order valence-corrected chi connectivity index (χ2v) is 8.91. The number of likely N-dealkylation sites (N-methyl/N-ethyl adjacent to an activating group) is 1. The first-order chi connectivity index (χ1) is 13.5. The number of ether oxygens (including phenoxy) is 2. The van der Waals surface area contributed by atoms with Crippen LogP contribution in [0.15, 0.2) is 47.8 Å². The highest BCUT2D eigenvalue weighted by molar-refractivity contribution is 7.10. The summed E-state index contributed by atoms with van der Waals surface area (Å²) in [5, 5.41) is 11.0. The van der Waals surface area contributed by atoms with Crippen LogP contribution in [0.3, 0.4) is 0 Å². The van der Waals surface area contributed by atoms with Crippen LogP contribution in [-0.4, -0.2) is 62.1 Å². The van der Waals surface area contributed by atoms with Gasteiger partial charge in [-0.15, -0.1) is 11.3 Å². The van der Waals surface area contributed by atoms with E-state index in [0.29, 0.717) is 19.4 Å². The van der Waals surface area contributed by atoms with Crippen LogP contribution in [0, 0.1) is 0 Å². The van der Waals surface area contributed by atoms with Gasteiger partial charge in [0, 0.05) is 25.2 Å². The summed E-state index contributed by atoms with van der Waals surface area (Å²) in [6, 6.07) is 13.5. The summed E-state index contributed by atoms with van der Waals surface area (Å²) in [7, 11) is 4.31. The smallest absolute Gasteiger partial charge is 0.349 e. The molecule has 2 aromatic rings. The minimum atomic E-state index is -1.27. The summed E-state index contributed by atoms with van der Waals surface area (Å²) in [5.41, 5.74) is -0.497. The number of rotatable bonds is 9. The Balaban J connectivity index is 0.00000300. The number of aliphatic hydroxyl groups excluding tert-OH is 1. The fourth-order valence-electron chi connectivity index (χ4n) is 3.72. The number of thiophene rings is 1. The molecular formula is C22H30BrNO4S. The molecule has 3 rings (SSSR count). The molecule has 0 aliphatic carbocycles. The van der Waals surface area contributed by atoms with Crippen LogP contribution < -0.4 is 17.0 Å². The first kappa shape index (κ1) is 24.0. The first-order valence-electron chi connectivity index (χ1n) is 9.85. The van der Waals surface area contributed by atoms with Gasteiger partial charge in [0.15, 0.2) is 6.10 Å². The SMILES string of the molecule is C[N+]1(C)CCC(OC(=O)C(OCCCCO)(c2ccccc2)c2cccs2)C1.[Br-]. The van der Waals surface area contributed by atoms with Gasteiger partial charge in [0.25, 0.3) is 0 Å². The zero-order chi connectivity index (χ0) is 20.0. The van der Waals surface area contributed by atoms with Crippen LogP contribution in [0.5, 0.6) is 0 Å². The molecule has 0 amide bonds. The van der Waals surface area contributed by atoms with E-state index in [-0.39, 0.29) is 35.7 Å². The third-order valence-corrected chi connectivity index (χ3v) is 6.21. The zero-order valence-electron chi connectivity index (χ0n) is 17.1. The second kappa shape index (κ2) is 10.7. The average molecular weight is 484 g/mol. The van der Waals surface area contributed by atoms with Crippen LogP contribution in [0.2, 0.25) is 0 Å². The molecule has 7 heteroatoms. The number of nitrogens with zero attached hydrogens (tertiary/aromatic N) is 1. The van der Waals surface area contributed by atoms with Crippen LogP contribution in [0.25, 0.3) is 0 Å². The molecule has 0 bridgehead atoms. The van der Waals surface area contributed by atoms with Gasteiger partial charge in [0.2, 0.25) is 5.60 Å². The van der Waals surface area contributed by atoms with Crippen molar-refractivity contribution in [2.24, 2.45) is 0 Å². The third-order valence-electron chi connectivity index (χ3n) is 5.23. The summed E-state index contributed by atoms with van der Waals surface area (Å²) in [5.74, 6) is -0.350. The Hall–Kier alpha value is -1.25. The Bertz CT molecular complexity index is 753. The molecule has 0 spiro atoms. The molecule has 1 aromatic carbocycles. The number of aliphatic hydroxyl groups is 1. The molecule has 160 valence electrons. The molecule has 1 aliphatic rings. The number of hydrogen-bond donors (Lipinski definition) is 1. The van der Waals surface area contributed by atoms with E-state index in [1.54, 1.807) is 0 Å². The van der Waals surface area contributed by atoms with Crippen molar-refractivity contribution in [2.45, 2.75) is 31.0 Å². The summed E-state index contributed by atoms with van der Waals surface area (Å²) >= 11 is 1.50. The minimum absolute atomic E-state index is 0. The molecule has 1 saturated heterocycles. The summed E-state index contributed by atoms with van der Waals surface area (Å²) in [6.45, 7) is 2.28. The standard InChI is InChI=1S/C22H30NO4S.BrH/c1-23(2)13-12-19(17-23)27-21(25)22(20-11-8-16-28-20,26-15-7-6-14-24)18-9-4-3-5-10-18;/h3-5,8-11,16,19,24H,6-7,12-15,17H2,1-2H3;1H/q+1;/p-1. The maximum atomic E-state index is 13.6. The number of hydrogen-bond acceptors (Lipinski definition) is 5. The van der Waals surface area contributed by atoms with Gasteiger partial charge in [-0.2, -0.15) is 0 Å². The van der Waals surface area contributed by atoms with Crippen molar-refractivity contribution < 1.29 is 40.8 Å². The highest BCUT2D eigenvalue weighted by Crippen LogP contribution is 2.39. The molecule has 29 heavy (non-hydrogen) atoms. The Morgan fingerprint density at radius 3 is 2.55 bits per heavy atom. The predicted octanol–water partition coefficient (Wildman–Crippen LogP) is 0.177. The lowest BCUT2D eigenvalue weighted by molar-refractivity contribution is -0.879. The van der Waals surface area contributed by atoms with Crippen molar-refractivity contribution in [2.75, 3.05) is 40.4 Å². The second-order valence-electron chi connectivity index (χ2n) is 7.96. The van der Waals surface area contributed by atoms with E-state index in [9.17, 15) is 4.79 Å². The number of likely N-dealkylation sites (tertiary alicyclic amines) is 1. The van der Waals surface area contributed by atoms with E-state index in [4.69, 9.17) is 14.6 Å². The Labute approximate surface area is 187 Å². The van der Waals surface area contributed by atoms with E-state index in [2.05, 4.69) is 14.1 Å². The van der Waals surface area contributed by atoms with Crippen molar-refractivity contribution in [3.05, 3.63) is 58.3 Å². The van der Waals surface area contributed by atoms with Gasteiger partial charge in [0.05, 0.1) is 25.5 Å². The number of carbonyl (C=O) groups excluding carboxylic acids is 1. The lowest BCUT2D eigenvalue weighted by Crippen LogP contribution is -3.00. The lowest BCUT2D eigenvalue weighted by atomic mass is 9.91. The maximum absolute atomic E-state index is 13.6. The summed E-state index contributed by atoms with van der Waals surface area (Å²) < 4.78 is 13.2. The maximum Gasteiger partial charge on any atom is 0.349 e. The lowest BCUT2D eigenvalue weighted by Gasteiger charge is -2.32. The molecule has 2 heterocycles. The van der Waals surface area contributed by atoms with Gasteiger partial charge >= 0.3 is 5.97 Å². The van der Waals surface area contributed by atoms with Crippen molar-refractivity contribution in [3.63, 3.8) is 0 Å². The van der Waals surface area contributed by atoms with Crippen molar-refractivity contribution in [3.8, 4) is 0 Å². The monoisotopic (exact) mass is 483 g/mol. The van der Waals surface area contributed by atoms with Gasteiger partial charge in [-0.3, -0.25) is 0 Å².